The van der Waals surface area contributed by atoms with Crippen molar-refractivity contribution in [3.63, 3.8) is 0 Å². The quantitative estimate of drug-likeness (QED) is 0.789. The molecule has 1 aromatic heterocycles. The predicted molar refractivity (Wildman–Crippen MR) is 82.9 cm³/mol. The number of nitrogens with one attached hydrogen (secondary N) is 2. The predicted octanol–water partition coefficient (Wildman–Crippen LogP) is 3.63. The summed E-state index contributed by atoms with van der Waals surface area (Å²) in [5.41, 5.74) is 1.09. The third-order valence-electron chi connectivity index (χ3n) is 3.31. The van der Waals surface area contributed by atoms with Crippen molar-refractivity contribution in [2.45, 2.75) is 59.9 Å². The maximum Gasteiger partial charge on any atom is 0.134 e. The number of rotatable bonds is 7. The van der Waals surface area contributed by atoms with Crippen LogP contribution in [-0.4, -0.2) is 23.1 Å². The fourth-order valence-corrected chi connectivity index (χ4v) is 1.99. The van der Waals surface area contributed by atoms with Crippen LogP contribution in [0.3, 0.4) is 0 Å². The summed E-state index contributed by atoms with van der Waals surface area (Å²) < 4.78 is 0. The smallest absolute Gasteiger partial charge is 0.134 e. The average Bonchev–Trinajstić information content (AvgIpc) is 2.38. The molecule has 0 aromatic carbocycles. The van der Waals surface area contributed by atoms with Crippen LogP contribution in [0.25, 0.3) is 0 Å². The van der Waals surface area contributed by atoms with E-state index in [1.807, 2.05) is 7.05 Å². The topological polar surface area (TPSA) is 49.8 Å². The summed E-state index contributed by atoms with van der Waals surface area (Å²) in [5, 5.41) is 6.67. The zero-order chi connectivity index (χ0) is 14.4. The molecule has 0 saturated heterocycles. The minimum Gasteiger partial charge on any atom is -0.373 e. The van der Waals surface area contributed by atoms with E-state index < -0.39 is 0 Å². The van der Waals surface area contributed by atoms with Gasteiger partial charge in [0.1, 0.15) is 17.5 Å². The van der Waals surface area contributed by atoms with E-state index in [2.05, 4.69) is 55.2 Å². The van der Waals surface area contributed by atoms with Crippen molar-refractivity contribution in [2.24, 2.45) is 5.92 Å². The first-order chi connectivity index (χ1) is 8.97. The molecule has 0 bridgehead atoms. The normalized spacial score (nSPS) is 12.6. The van der Waals surface area contributed by atoms with Gasteiger partial charge in [-0.3, -0.25) is 0 Å². The Kier molecular flexibility index (Phi) is 6.06. The molecule has 0 aliphatic carbocycles. The summed E-state index contributed by atoms with van der Waals surface area (Å²) in [6, 6.07) is 0.436. The SMILES string of the molecule is CCc1nc(NC)c(C)c(NC(C)CCC(C)C)n1. The molecular weight excluding hydrogens is 236 g/mol. The van der Waals surface area contributed by atoms with Crippen molar-refractivity contribution >= 4 is 11.6 Å². The first-order valence-electron chi connectivity index (χ1n) is 7.29. The molecule has 1 heterocycles. The van der Waals surface area contributed by atoms with Gasteiger partial charge in [-0.05, 0) is 32.6 Å². The average molecular weight is 264 g/mol. The van der Waals surface area contributed by atoms with E-state index in [9.17, 15) is 0 Å². The maximum atomic E-state index is 4.60. The Hall–Kier alpha value is -1.32. The molecule has 0 amide bonds. The molecule has 0 saturated carbocycles. The first-order valence-corrected chi connectivity index (χ1v) is 7.29. The van der Waals surface area contributed by atoms with Gasteiger partial charge in [0.2, 0.25) is 0 Å². The molecule has 1 aromatic rings. The highest BCUT2D eigenvalue weighted by Crippen LogP contribution is 2.21. The van der Waals surface area contributed by atoms with Crippen molar-refractivity contribution < 1.29 is 0 Å². The van der Waals surface area contributed by atoms with Gasteiger partial charge in [0, 0.05) is 25.1 Å². The van der Waals surface area contributed by atoms with E-state index in [-0.39, 0.29) is 0 Å². The summed E-state index contributed by atoms with van der Waals surface area (Å²) >= 11 is 0. The Labute approximate surface area is 117 Å². The van der Waals surface area contributed by atoms with Gasteiger partial charge in [-0.25, -0.2) is 9.97 Å². The Morgan fingerprint density at radius 3 is 2.21 bits per heavy atom. The standard InChI is InChI=1S/C15H28N4/c1-7-13-18-14(16-6)12(5)15(19-13)17-11(4)9-8-10(2)3/h10-11H,7-9H2,1-6H3,(H2,16,17,18,19). The van der Waals surface area contributed by atoms with Crippen LogP contribution in [-0.2, 0) is 6.42 Å². The van der Waals surface area contributed by atoms with Gasteiger partial charge < -0.3 is 10.6 Å². The third kappa shape index (κ3) is 4.69. The van der Waals surface area contributed by atoms with Gasteiger partial charge in [0.05, 0.1) is 0 Å². The minimum atomic E-state index is 0.436. The molecule has 0 radical (unpaired) electrons. The fourth-order valence-electron chi connectivity index (χ4n) is 1.99. The molecule has 2 N–H and O–H groups in total. The zero-order valence-electron chi connectivity index (χ0n) is 13.2. The third-order valence-corrected chi connectivity index (χ3v) is 3.31. The summed E-state index contributed by atoms with van der Waals surface area (Å²) in [5.74, 6) is 3.51. The van der Waals surface area contributed by atoms with Crippen LogP contribution < -0.4 is 10.6 Å². The van der Waals surface area contributed by atoms with E-state index in [1.165, 1.54) is 6.42 Å². The highest BCUT2D eigenvalue weighted by molar-refractivity contribution is 5.57. The molecule has 0 aliphatic rings. The van der Waals surface area contributed by atoms with Crippen LogP contribution >= 0.6 is 0 Å². The Balaban J connectivity index is 2.81. The minimum absolute atomic E-state index is 0.436. The van der Waals surface area contributed by atoms with E-state index >= 15 is 0 Å². The van der Waals surface area contributed by atoms with Gasteiger partial charge >= 0.3 is 0 Å². The molecule has 1 unspecified atom stereocenters. The Bertz CT molecular complexity index is 401. The molecule has 4 nitrogen and oxygen atoms in total. The largest absolute Gasteiger partial charge is 0.373 e. The molecule has 1 rings (SSSR count). The summed E-state index contributed by atoms with van der Waals surface area (Å²) in [6.07, 6.45) is 3.25. The van der Waals surface area contributed by atoms with Crippen LogP contribution in [0.2, 0.25) is 0 Å². The highest BCUT2D eigenvalue weighted by atomic mass is 15.1. The van der Waals surface area contributed by atoms with Crippen LogP contribution in [0, 0.1) is 12.8 Å². The van der Waals surface area contributed by atoms with Crippen molar-refractivity contribution in [3.8, 4) is 0 Å². The lowest BCUT2D eigenvalue weighted by Crippen LogP contribution is -2.19. The molecule has 4 heteroatoms. The van der Waals surface area contributed by atoms with Crippen molar-refractivity contribution in [1.82, 2.24) is 9.97 Å². The van der Waals surface area contributed by atoms with E-state index in [0.29, 0.717) is 6.04 Å². The highest BCUT2D eigenvalue weighted by Gasteiger charge is 2.11. The van der Waals surface area contributed by atoms with E-state index in [0.717, 1.165) is 41.8 Å². The Morgan fingerprint density at radius 1 is 1.05 bits per heavy atom. The lowest BCUT2D eigenvalue weighted by atomic mass is 10.0. The van der Waals surface area contributed by atoms with Crippen LogP contribution in [0.15, 0.2) is 0 Å². The second-order valence-electron chi connectivity index (χ2n) is 5.58. The maximum absolute atomic E-state index is 4.60. The number of hydrogen-bond acceptors (Lipinski definition) is 4. The van der Waals surface area contributed by atoms with Crippen LogP contribution in [0.5, 0.6) is 0 Å². The Morgan fingerprint density at radius 2 is 1.68 bits per heavy atom. The monoisotopic (exact) mass is 264 g/mol. The van der Waals surface area contributed by atoms with Gasteiger partial charge in [-0.1, -0.05) is 20.8 Å². The summed E-state index contributed by atoms with van der Waals surface area (Å²) in [4.78, 5) is 9.09. The van der Waals surface area contributed by atoms with Crippen LogP contribution in [0.4, 0.5) is 11.6 Å². The lowest BCUT2D eigenvalue weighted by Gasteiger charge is -2.19. The number of hydrogen-bond donors (Lipinski definition) is 2. The number of anilines is 2. The molecule has 19 heavy (non-hydrogen) atoms. The number of aryl methyl sites for hydroxylation is 1. The number of nitrogens with zero attached hydrogens (tertiary/aromatic N) is 2. The molecular formula is C15H28N4. The second-order valence-corrected chi connectivity index (χ2v) is 5.58. The van der Waals surface area contributed by atoms with E-state index in [4.69, 9.17) is 0 Å². The summed E-state index contributed by atoms with van der Waals surface area (Å²) in [7, 11) is 1.90. The van der Waals surface area contributed by atoms with Crippen LogP contribution in [0.1, 0.15) is 51.9 Å². The lowest BCUT2D eigenvalue weighted by molar-refractivity contribution is 0.527. The van der Waals surface area contributed by atoms with Crippen molar-refractivity contribution in [2.75, 3.05) is 17.7 Å². The molecule has 0 fully saturated rings. The van der Waals surface area contributed by atoms with Gasteiger partial charge in [-0.15, -0.1) is 0 Å². The zero-order valence-corrected chi connectivity index (χ0v) is 13.2. The molecule has 0 spiro atoms. The fraction of sp³-hybridized carbons (Fsp3) is 0.733. The van der Waals surface area contributed by atoms with Crippen molar-refractivity contribution in [3.05, 3.63) is 11.4 Å². The van der Waals surface area contributed by atoms with Gasteiger partial charge in [-0.2, -0.15) is 0 Å². The second kappa shape index (κ2) is 7.31. The first kappa shape index (κ1) is 15.7. The molecule has 1 atom stereocenters. The van der Waals surface area contributed by atoms with Gasteiger partial charge in [0.25, 0.3) is 0 Å². The number of aromatic nitrogens is 2. The van der Waals surface area contributed by atoms with Gasteiger partial charge in [0.15, 0.2) is 0 Å². The molecule has 108 valence electrons. The molecule has 0 aliphatic heterocycles. The van der Waals surface area contributed by atoms with Crippen molar-refractivity contribution in [1.29, 1.82) is 0 Å². The summed E-state index contributed by atoms with van der Waals surface area (Å²) in [6.45, 7) is 10.9. The van der Waals surface area contributed by atoms with E-state index in [1.54, 1.807) is 0 Å².